The lowest BCUT2D eigenvalue weighted by atomic mass is 10.2. The molecule has 0 fully saturated rings. The molecule has 0 aliphatic heterocycles. The summed E-state index contributed by atoms with van der Waals surface area (Å²) in [4.78, 5) is -0.217. The van der Waals surface area contributed by atoms with Gasteiger partial charge in [-0.1, -0.05) is 6.07 Å². The molecule has 0 aromatic heterocycles. The van der Waals surface area contributed by atoms with Crippen LogP contribution in [0.5, 0.6) is 0 Å². The van der Waals surface area contributed by atoms with E-state index >= 15 is 0 Å². The van der Waals surface area contributed by atoms with Crippen molar-refractivity contribution in [2.45, 2.75) is 11.8 Å². The SMILES string of the molecule is Cc1ccc(N)cc1S(=O)(=O)Nc1c(F)cc(F)cc1F. The molecule has 4 nitrogen and oxygen atoms in total. The number of nitrogen functional groups attached to an aromatic ring is 1. The molecule has 21 heavy (non-hydrogen) atoms. The molecule has 3 N–H and O–H groups in total. The Bertz CT molecular complexity index is 784. The zero-order chi connectivity index (χ0) is 15.8. The zero-order valence-electron chi connectivity index (χ0n) is 10.8. The quantitative estimate of drug-likeness (QED) is 0.855. The van der Waals surface area contributed by atoms with Crippen molar-refractivity contribution < 1.29 is 21.6 Å². The molecule has 0 aliphatic carbocycles. The van der Waals surface area contributed by atoms with E-state index in [0.29, 0.717) is 17.7 Å². The van der Waals surface area contributed by atoms with Crippen molar-refractivity contribution in [1.29, 1.82) is 0 Å². The van der Waals surface area contributed by atoms with Crippen LogP contribution in [-0.4, -0.2) is 8.42 Å². The first-order valence-electron chi connectivity index (χ1n) is 5.74. The van der Waals surface area contributed by atoms with Gasteiger partial charge in [-0.2, -0.15) is 0 Å². The highest BCUT2D eigenvalue weighted by Gasteiger charge is 2.22. The van der Waals surface area contributed by atoms with E-state index < -0.39 is 33.2 Å². The van der Waals surface area contributed by atoms with E-state index in [1.165, 1.54) is 19.1 Å². The average molecular weight is 316 g/mol. The van der Waals surface area contributed by atoms with Gasteiger partial charge >= 0.3 is 0 Å². The number of benzene rings is 2. The minimum absolute atomic E-state index is 0.182. The van der Waals surface area contributed by atoms with Crippen LogP contribution in [0.2, 0.25) is 0 Å². The van der Waals surface area contributed by atoms with E-state index in [4.69, 9.17) is 5.73 Å². The summed E-state index contributed by atoms with van der Waals surface area (Å²) >= 11 is 0. The Hall–Kier alpha value is -2.22. The first-order valence-corrected chi connectivity index (χ1v) is 7.22. The number of hydrogen-bond acceptors (Lipinski definition) is 3. The molecule has 0 bridgehead atoms. The Kier molecular flexibility index (Phi) is 3.82. The fourth-order valence-corrected chi connectivity index (χ4v) is 3.09. The van der Waals surface area contributed by atoms with Crippen molar-refractivity contribution in [3.8, 4) is 0 Å². The third kappa shape index (κ3) is 3.10. The molecule has 8 heteroatoms. The van der Waals surface area contributed by atoms with E-state index in [9.17, 15) is 21.6 Å². The van der Waals surface area contributed by atoms with Gasteiger partial charge < -0.3 is 5.73 Å². The Morgan fingerprint density at radius 2 is 1.62 bits per heavy atom. The van der Waals surface area contributed by atoms with Crippen molar-refractivity contribution in [2.75, 3.05) is 10.5 Å². The summed E-state index contributed by atoms with van der Waals surface area (Å²) in [6.45, 7) is 1.51. The Balaban J connectivity index is 2.50. The van der Waals surface area contributed by atoms with Crippen LogP contribution in [0.25, 0.3) is 0 Å². The van der Waals surface area contributed by atoms with Crippen LogP contribution in [0.3, 0.4) is 0 Å². The average Bonchev–Trinajstić information content (AvgIpc) is 2.36. The molecule has 0 aliphatic rings. The third-order valence-corrected chi connectivity index (χ3v) is 4.24. The van der Waals surface area contributed by atoms with Crippen LogP contribution in [0.15, 0.2) is 35.2 Å². The fourth-order valence-electron chi connectivity index (χ4n) is 1.74. The van der Waals surface area contributed by atoms with Crippen LogP contribution < -0.4 is 10.5 Å². The van der Waals surface area contributed by atoms with Gasteiger partial charge in [-0.3, -0.25) is 4.72 Å². The van der Waals surface area contributed by atoms with Gasteiger partial charge in [0, 0.05) is 17.8 Å². The number of anilines is 2. The van der Waals surface area contributed by atoms with Gasteiger partial charge in [0.05, 0.1) is 4.90 Å². The molecule has 0 saturated heterocycles. The van der Waals surface area contributed by atoms with Gasteiger partial charge in [-0.05, 0) is 24.6 Å². The number of aryl methyl sites for hydroxylation is 1. The van der Waals surface area contributed by atoms with Crippen molar-refractivity contribution >= 4 is 21.4 Å². The molecule has 2 rings (SSSR count). The fraction of sp³-hybridized carbons (Fsp3) is 0.0769. The predicted molar refractivity (Wildman–Crippen MR) is 72.7 cm³/mol. The lowest BCUT2D eigenvalue weighted by Crippen LogP contribution is -2.16. The van der Waals surface area contributed by atoms with E-state index in [1.54, 1.807) is 4.72 Å². The summed E-state index contributed by atoms with van der Waals surface area (Å²) in [5, 5.41) is 0. The Morgan fingerprint density at radius 1 is 1.05 bits per heavy atom. The first kappa shape index (κ1) is 15.2. The molecule has 0 radical (unpaired) electrons. The normalized spacial score (nSPS) is 11.4. The molecule has 0 amide bonds. The number of nitrogens with one attached hydrogen (secondary N) is 1. The van der Waals surface area contributed by atoms with Gasteiger partial charge in [0.15, 0.2) is 11.6 Å². The third-order valence-electron chi connectivity index (χ3n) is 2.75. The van der Waals surface area contributed by atoms with Crippen molar-refractivity contribution in [1.82, 2.24) is 0 Å². The van der Waals surface area contributed by atoms with Crippen LogP contribution in [0.4, 0.5) is 24.5 Å². The summed E-state index contributed by atoms with van der Waals surface area (Å²) in [5.74, 6) is -3.84. The Labute approximate surface area is 119 Å². The topological polar surface area (TPSA) is 72.2 Å². The molecule has 112 valence electrons. The smallest absolute Gasteiger partial charge is 0.262 e. The van der Waals surface area contributed by atoms with Crippen LogP contribution in [-0.2, 0) is 10.0 Å². The lowest BCUT2D eigenvalue weighted by molar-refractivity contribution is 0.547. The second-order valence-electron chi connectivity index (χ2n) is 4.37. The summed E-state index contributed by atoms with van der Waals surface area (Å²) in [7, 11) is -4.26. The maximum absolute atomic E-state index is 13.5. The van der Waals surface area contributed by atoms with E-state index in [-0.39, 0.29) is 10.6 Å². The second kappa shape index (κ2) is 5.28. The van der Waals surface area contributed by atoms with Crippen LogP contribution >= 0.6 is 0 Å². The number of nitrogens with two attached hydrogens (primary N) is 1. The predicted octanol–water partition coefficient (Wildman–Crippen LogP) is 2.80. The monoisotopic (exact) mass is 316 g/mol. The van der Waals surface area contributed by atoms with Gasteiger partial charge in [-0.15, -0.1) is 0 Å². The number of halogens is 3. The number of sulfonamides is 1. The van der Waals surface area contributed by atoms with Crippen molar-refractivity contribution in [3.05, 3.63) is 53.3 Å². The zero-order valence-corrected chi connectivity index (χ0v) is 11.6. The van der Waals surface area contributed by atoms with Gasteiger partial charge in [-0.25, -0.2) is 21.6 Å². The lowest BCUT2D eigenvalue weighted by Gasteiger charge is -2.12. The van der Waals surface area contributed by atoms with Gasteiger partial charge in [0.2, 0.25) is 0 Å². The van der Waals surface area contributed by atoms with E-state index in [1.807, 2.05) is 0 Å². The maximum atomic E-state index is 13.5. The van der Waals surface area contributed by atoms with E-state index in [0.717, 1.165) is 6.07 Å². The molecule has 0 atom stereocenters. The van der Waals surface area contributed by atoms with Crippen LogP contribution in [0, 0.1) is 24.4 Å². The Morgan fingerprint density at radius 3 is 2.19 bits per heavy atom. The van der Waals surface area contributed by atoms with E-state index in [2.05, 4.69) is 0 Å². The largest absolute Gasteiger partial charge is 0.399 e. The molecule has 0 spiro atoms. The minimum Gasteiger partial charge on any atom is -0.399 e. The number of rotatable bonds is 3. The molecule has 2 aromatic rings. The molecule has 2 aromatic carbocycles. The molecule has 0 unspecified atom stereocenters. The van der Waals surface area contributed by atoms with Crippen LogP contribution in [0.1, 0.15) is 5.56 Å². The summed E-state index contributed by atoms with van der Waals surface area (Å²) in [5.41, 5.74) is 5.09. The second-order valence-corrected chi connectivity index (χ2v) is 6.03. The van der Waals surface area contributed by atoms with Gasteiger partial charge in [0.1, 0.15) is 11.5 Å². The van der Waals surface area contributed by atoms with Gasteiger partial charge in [0.25, 0.3) is 10.0 Å². The first-order chi connectivity index (χ1) is 9.70. The molecule has 0 saturated carbocycles. The summed E-state index contributed by atoms with van der Waals surface area (Å²) < 4.78 is 65.9. The minimum atomic E-state index is -4.26. The summed E-state index contributed by atoms with van der Waals surface area (Å²) in [6.07, 6.45) is 0. The molecular weight excluding hydrogens is 305 g/mol. The number of hydrogen-bond donors (Lipinski definition) is 2. The highest BCUT2D eigenvalue weighted by Crippen LogP contribution is 2.25. The highest BCUT2D eigenvalue weighted by molar-refractivity contribution is 7.92. The molecular formula is C13H11F3N2O2S. The standard InChI is InChI=1S/C13H11F3N2O2S/c1-7-2-3-9(17)6-12(7)21(19,20)18-13-10(15)4-8(14)5-11(13)16/h2-6,18H,17H2,1H3. The molecule has 0 heterocycles. The highest BCUT2D eigenvalue weighted by atomic mass is 32.2. The maximum Gasteiger partial charge on any atom is 0.262 e. The summed E-state index contributed by atoms with van der Waals surface area (Å²) in [6, 6.07) is 4.88. The van der Waals surface area contributed by atoms with Crippen molar-refractivity contribution in [2.24, 2.45) is 0 Å². The van der Waals surface area contributed by atoms with Crippen molar-refractivity contribution in [3.63, 3.8) is 0 Å².